The second-order valence-electron chi connectivity index (χ2n) is 5.59. The van der Waals surface area contributed by atoms with Crippen molar-refractivity contribution in [3.05, 3.63) is 34.5 Å². The van der Waals surface area contributed by atoms with Gasteiger partial charge in [0.2, 0.25) is 0 Å². The Kier molecular flexibility index (Phi) is 3.76. The fourth-order valence-corrected chi connectivity index (χ4v) is 2.58. The summed E-state index contributed by atoms with van der Waals surface area (Å²) in [6.45, 7) is 10.6. The van der Waals surface area contributed by atoms with E-state index in [0.29, 0.717) is 12.6 Å². The SMILES string of the molecule is Cc1cc(C)c2c(C(=O)CNC(C)C)c(C)[nH]c2c1. The molecular formula is C16H22N2O. The van der Waals surface area contributed by atoms with Crippen LogP contribution >= 0.6 is 0 Å². The summed E-state index contributed by atoms with van der Waals surface area (Å²) in [6, 6.07) is 4.54. The van der Waals surface area contributed by atoms with Gasteiger partial charge in [0.15, 0.2) is 5.78 Å². The van der Waals surface area contributed by atoms with Crippen molar-refractivity contribution < 1.29 is 4.79 Å². The Hall–Kier alpha value is -1.61. The molecule has 102 valence electrons. The molecule has 0 aliphatic carbocycles. The Bertz CT molecular complexity index is 623. The van der Waals surface area contributed by atoms with Gasteiger partial charge in [-0.25, -0.2) is 0 Å². The smallest absolute Gasteiger partial charge is 0.179 e. The molecule has 0 amide bonds. The van der Waals surface area contributed by atoms with Crippen LogP contribution in [0.1, 0.15) is 41.0 Å². The van der Waals surface area contributed by atoms with Crippen LogP contribution in [0.2, 0.25) is 0 Å². The zero-order valence-electron chi connectivity index (χ0n) is 12.3. The number of Topliss-reactive ketones (excluding diaryl/α,β-unsaturated/α-hetero) is 1. The van der Waals surface area contributed by atoms with Crippen molar-refractivity contribution in [1.82, 2.24) is 10.3 Å². The number of carbonyl (C=O) groups is 1. The second-order valence-corrected chi connectivity index (χ2v) is 5.59. The van der Waals surface area contributed by atoms with Crippen LogP contribution < -0.4 is 5.32 Å². The normalized spacial score (nSPS) is 11.5. The standard InChI is InChI=1S/C16H22N2O/c1-9(2)17-8-14(19)16-12(5)18-13-7-10(3)6-11(4)15(13)16/h6-7,9,17-18H,8H2,1-5H3. The number of benzene rings is 1. The van der Waals surface area contributed by atoms with E-state index in [-0.39, 0.29) is 5.78 Å². The summed E-state index contributed by atoms with van der Waals surface area (Å²) < 4.78 is 0. The van der Waals surface area contributed by atoms with Crippen LogP contribution in [0.4, 0.5) is 0 Å². The lowest BCUT2D eigenvalue weighted by Crippen LogP contribution is -2.29. The molecule has 1 heterocycles. The van der Waals surface area contributed by atoms with E-state index in [9.17, 15) is 4.79 Å². The molecule has 19 heavy (non-hydrogen) atoms. The van der Waals surface area contributed by atoms with Gasteiger partial charge in [-0.3, -0.25) is 4.79 Å². The number of aryl methyl sites for hydroxylation is 3. The van der Waals surface area contributed by atoms with Crippen molar-refractivity contribution in [3.8, 4) is 0 Å². The summed E-state index contributed by atoms with van der Waals surface area (Å²) in [5.74, 6) is 0.157. The molecule has 0 aliphatic rings. The van der Waals surface area contributed by atoms with Crippen LogP contribution in [0.5, 0.6) is 0 Å². The minimum atomic E-state index is 0.157. The van der Waals surface area contributed by atoms with Crippen LogP contribution in [0.25, 0.3) is 10.9 Å². The van der Waals surface area contributed by atoms with Gasteiger partial charge in [-0.2, -0.15) is 0 Å². The highest BCUT2D eigenvalue weighted by Crippen LogP contribution is 2.27. The van der Waals surface area contributed by atoms with E-state index in [0.717, 1.165) is 27.7 Å². The largest absolute Gasteiger partial charge is 0.358 e. The molecule has 0 saturated carbocycles. The molecule has 0 bridgehead atoms. The molecule has 0 saturated heterocycles. The predicted octanol–water partition coefficient (Wildman–Crippen LogP) is 3.27. The highest BCUT2D eigenvalue weighted by atomic mass is 16.1. The van der Waals surface area contributed by atoms with Crippen molar-refractivity contribution in [2.24, 2.45) is 0 Å². The maximum atomic E-state index is 12.4. The average molecular weight is 258 g/mol. The van der Waals surface area contributed by atoms with E-state index in [2.05, 4.69) is 36.3 Å². The Morgan fingerprint density at radius 1 is 1.26 bits per heavy atom. The molecule has 0 radical (unpaired) electrons. The number of aromatic nitrogens is 1. The molecule has 3 nitrogen and oxygen atoms in total. The van der Waals surface area contributed by atoms with Crippen LogP contribution in [-0.4, -0.2) is 23.4 Å². The number of hydrogen-bond donors (Lipinski definition) is 2. The van der Waals surface area contributed by atoms with Crippen molar-refractivity contribution in [2.75, 3.05) is 6.54 Å². The Morgan fingerprint density at radius 3 is 2.58 bits per heavy atom. The number of rotatable bonds is 4. The molecule has 2 rings (SSSR count). The van der Waals surface area contributed by atoms with Crippen molar-refractivity contribution in [1.29, 1.82) is 0 Å². The van der Waals surface area contributed by atoms with Gasteiger partial charge >= 0.3 is 0 Å². The lowest BCUT2D eigenvalue weighted by atomic mass is 10.0. The van der Waals surface area contributed by atoms with Gasteiger partial charge < -0.3 is 10.3 Å². The van der Waals surface area contributed by atoms with Gasteiger partial charge in [-0.15, -0.1) is 0 Å². The highest BCUT2D eigenvalue weighted by molar-refractivity contribution is 6.11. The Balaban J connectivity index is 2.48. The van der Waals surface area contributed by atoms with Gasteiger partial charge in [0.1, 0.15) is 0 Å². The van der Waals surface area contributed by atoms with Gasteiger partial charge in [0.05, 0.1) is 6.54 Å². The zero-order chi connectivity index (χ0) is 14.2. The number of carbonyl (C=O) groups excluding carboxylic acids is 1. The van der Waals surface area contributed by atoms with Gasteiger partial charge in [0, 0.05) is 28.2 Å². The monoisotopic (exact) mass is 258 g/mol. The Labute approximate surface area is 114 Å². The van der Waals surface area contributed by atoms with Gasteiger partial charge in [-0.05, 0) is 38.0 Å². The number of hydrogen-bond acceptors (Lipinski definition) is 2. The molecule has 1 aromatic carbocycles. The van der Waals surface area contributed by atoms with E-state index in [1.807, 2.05) is 20.8 Å². The van der Waals surface area contributed by atoms with Gasteiger partial charge in [-0.1, -0.05) is 19.9 Å². The minimum Gasteiger partial charge on any atom is -0.358 e. The quantitative estimate of drug-likeness (QED) is 0.827. The lowest BCUT2D eigenvalue weighted by molar-refractivity contribution is 0.0989. The molecule has 0 spiro atoms. The molecule has 0 fully saturated rings. The van der Waals surface area contributed by atoms with E-state index >= 15 is 0 Å². The first-order valence-electron chi connectivity index (χ1n) is 6.76. The molecule has 0 unspecified atom stereocenters. The highest BCUT2D eigenvalue weighted by Gasteiger charge is 2.17. The molecule has 2 aromatic rings. The maximum absolute atomic E-state index is 12.4. The third kappa shape index (κ3) is 2.71. The molecule has 2 N–H and O–H groups in total. The van der Waals surface area contributed by atoms with E-state index in [1.165, 1.54) is 5.56 Å². The summed E-state index contributed by atoms with van der Waals surface area (Å²) >= 11 is 0. The summed E-state index contributed by atoms with van der Waals surface area (Å²) in [5, 5.41) is 4.26. The lowest BCUT2D eigenvalue weighted by Gasteiger charge is -2.08. The van der Waals surface area contributed by atoms with Crippen LogP contribution in [0, 0.1) is 20.8 Å². The molecule has 3 heteroatoms. The van der Waals surface area contributed by atoms with Crippen molar-refractivity contribution in [2.45, 2.75) is 40.7 Å². The molecule has 1 aromatic heterocycles. The number of aromatic amines is 1. The van der Waals surface area contributed by atoms with E-state index in [4.69, 9.17) is 0 Å². The number of H-pyrrole nitrogens is 1. The second kappa shape index (κ2) is 5.17. The summed E-state index contributed by atoms with van der Waals surface area (Å²) in [7, 11) is 0. The maximum Gasteiger partial charge on any atom is 0.179 e. The average Bonchev–Trinajstić information content (AvgIpc) is 2.62. The molecular weight excluding hydrogens is 236 g/mol. The summed E-state index contributed by atoms with van der Waals surface area (Å²) in [5.41, 5.74) is 5.22. The van der Waals surface area contributed by atoms with Crippen LogP contribution in [0.15, 0.2) is 12.1 Å². The first-order chi connectivity index (χ1) is 8.90. The third-order valence-corrected chi connectivity index (χ3v) is 3.38. The molecule has 0 atom stereocenters. The fraction of sp³-hybridized carbons (Fsp3) is 0.438. The van der Waals surface area contributed by atoms with Crippen LogP contribution in [0.3, 0.4) is 0 Å². The predicted molar refractivity (Wildman–Crippen MR) is 80.0 cm³/mol. The topological polar surface area (TPSA) is 44.9 Å². The fourth-order valence-electron chi connectivity index (χ4n) is 2.58. The van der Waals surface area contributed by atoms with E-state index in [1.54, 1.807) is 0 Å². The van der Waals surface area contributed by atoms with Crippen LogP contribution in [-0.2, 0) is 0 Å². The van der Waals surface area contributed by atoms with E-state index < -0.39 is 0 Å². The summed E-state index contributed by atoms with van der Waals surface area (Å²) in [4.78, 5) is 15.7. The van der Waals surface area contributed by atoms with Crippen molar-refractivity contribution in [3.63, 3.8) is 0 Å². The summed E-state index contributed by atoms with van der Waals surface area (Å²) in [6.07, 6.45) is 0. The third-order valence-electron chi connectivity index (χ3n) is 3.38. The minimum absolute atomic E-state index is 0.157. The Morgan fingerprint density at radius 2 is 1.95 bits per heavy atom. The number of fused-ring (bicyclic) bond motifs is 1. The first kappa shape index (κ1) is 13.8. The molecule has 0 aliphatic heterocycles. The van der Waals surface area contributed by atoms with Gasteiger partial charge in [0.25, 0.3) is 0 Å². The van der Waals surface area contributed by atoms with Crippen molar-refractivity contribution >= 4 is 16.7 Å². The number of nitrogens with one attached hydrogen (secondary N) is 2. The first-order valence-corrected chi connectivity index (χ1v) is 6.76. The number of ketones is 1. The zero-order valence-corrected chi connectivity index (χ0v) is 12.3.